The molecule has 0 aromatic carbocycles. The number of rotatable bonds is 7. The van der Waals surface area contributed by atoms with E-state index in [0.29, 0.717) is 10.2 Å². The number of ether oxygens (including phenoxy) is 1. The van der Waals surface area contributed by atoms with E-state index < -0.39 is 16.0 Å². The number of aliphatic hydroxyl groups is 1. The molecule has 0 atom stereocenters. The van der Waals surface area contributed by atoms with Crippen molar-refractivity contribution in [2.45, 2.75) is 25.2 Å². The number of aliphatic hydroxyl groups excluding tert-OH is 1. The molecule has 1 rings (SSSR count). The van der Waals surface area contributed by atoms with Gasteiger partial charge in [0.15, 0.2) is 0 Å². The summed E-state index contributed by atoms with van der Waals surface area (Å²) in [5, 5.41) is 8.95. The van der Waals surface area contributed by atoms with Crippen LogP contribution in [0.25, 0.3) is 0 Å². The van der Waals surface area contributed by atoms with Gasteiger partial charge in [-0.1, -0.05) is 13.8 Å². The molecule has 0 aliphatic heterocycles. The molecular formula is C12H18BrNO5S2. The van der Waals surface area contributed by atoms with Gasteiger partial charge in [-0.15, -0.1) is 11.3 Å². The summed E-state index contributed by atoms with van der Waals surface area (Å²) in [4.78, 5) is 11.6. The minimum atomic E-state index is -3.74. The lowest BCUT2D eigenvalue weighted by atomic mass is 9.90. The molecule has 0 amide bonds. The molecule has 6 nitrogen and oxygen atoms in total. The van der Waals surface area contributed by atoms with E-state index in [9.17, 15) is 13.2 Å². The number of sulfonamides is 1. The Labute approximate surface area is 136 Å². The van der Waals surface area contributed by atoms with E-state index in [1.807, 2.05) is 13.8 Å². The average molecular weight is 400 g/mol. The molecule has 120 valence electrons. The number of hydrogen-bond acceptors (Lipinski definition) is 6. The van der Waals surface area contributed by atoms with Crippen LogP contribution < -0.4 is 4.72 Å². The highest BCUT2D eigenvalue weighted by atomic mass is 79.9. The van der Waals surface area contributed by atoms with Gasteiger partial charge in [0.2, 0.25) is 10.0 Å². The maximum absolute atomic E-state index is 12.3. The zero-order valence-electron chi connectivity index (χ0n) is 12.0. The summed E-state index contributed by atoms with van der Waals surface area (Å²) in [5.74, 6) is -0.581. The molecule has 2 N–H and O–H groups in total. The van der Waals surface area contributed by atoms with Gasteiger partial charge < -0.3 is 9.84 Å². The summed E-state index contributed by atoms with van der Waals surface area (Å²) in [7, 11) is -2.50. The van der Waals surface area contributed by atoms with Gasteiger partial charge in [-0.2, -0.15) is 0 Å². The van der Waals surface area contributed by atoms with E-state index in [1.165, 1.54) is 13.2 Å². The summed E-state index contributed by atoms with van der Waals surface area (Å²) in [5.41, 5.74) is -0.366. The summed E-state index contributed by atoms with van der Waals surface area (Å²) in [6.45, 7) is 3.89. The number of halogens is 1. The van der Waals surface area contributed by atoms with Crippen molar-refractivity contribution in [3.05, 3.63) is 14.7 Å². The molecular weight excluding hydrogens is 382 g/mol. The van der Waals surface area contributed by atoms with E-state index in [-0.39, 0.29) is 28.3 Å². The summed E-state index contributed by atoms with van der Waals surface area (Å²) < 4.78 is 32.0. The highest BCUT2D eigenvalue weighted by Gasteiger charge is 2.26. The third-order valence-electron chi connectivity index (χ3n) is 2.86. The fourth-order valence-electron chi connectivity index (χ4n) is 1.50. The molecule has 0 aliphatic rings. The minimum absolute atomic E-state index is 0.00713. The Kier molecular flexibility index (Phi) is 6.36. The fraction of sp³-hybridized carbons (Fsp3) is 0.583. The maximum Gasteiger partial charge on any atom is 0.348 e. The Bertz CT molecular complexity index is 609. The van der Waals surface area contributed by atoms with Gasteiger partial charge in [0.25, 0.3) is 0 Å². The molecule has 0 fully saturated rings. The van der Waals surface area contributed by atoms with E-state index in [0.717, 1.165) is 11.3 Å². The molecule has 0 saturated heterocycles. The number of esters is 1. The Morgan fingerprint density at radius 2 is 2.14 bits per heavy atom. The molecule has 9 heteroatoms. The van der Waals surface area contributed by atoms with Crippen LogP contribution in [0.3, 0.4) is 0 Å². The van der Waals surface area contributed by atoms with E-state index in [1.54, 1.807) is 0 Å². The lowest BCUT2D eigenvalue weighted by molar-refractivity contribution is 0.0606. The van der Waals surface area contributed by atoms with Gasteiger partial charge in [0.05, 0.1) is 10.9 Å². The number of methoxy groups -OCH3 is 1. The maximum atomic E-state index is 12.3. The van der Waals surface area contributed by atoms with E-state index in [2.05, 4.69) is 25.4 Å². The van der Waals surface area contributed by atoms with Crippen LogP contribution in [0.1, 0.15) is 29.9 Å². The van der Waals surface area contributed by atoms with Crippen LogP contribution in [0, 0.1) is 5.41 Å². The third kappa shape index (κ3) is 5.03. The first-order valence-corrected chi connectivity index (χ1v) is 9.20. The molecule has 1 aromatic rings. The first-order valence-electron chi connectivity index (χ1n) is 6.11. The smallest absolute Gasteiger partial charge is 0.348 e. The molecule has 0 unspecified atom stereocenters. The molecule has 0 saturated carbocycles. The third-order valence-corrected chi connectivity index (χ3v) is 6.49. The van der Waals surface area contributed by atoms with Gasteiger partial charge in [0, 0.05) is 13.2 Å². The lowest BCUT2D eigenvalue weighted by Gasteiger charge is -2.23. The zero-order valence-corrected chi connectivity index (χ0v) is 15.2. The standard InChI is InChI=1S/C12H18BrNO5S2/c1-12(2,4-5-15)7-14-21(17,18)9-6-8(11(16)19-3)20-10(9)13/h6,14-15H,4-5,7H2,1-3H3. The van der Waals surface area contributed by atoms with Crippen molar-refractivity contribution in [2.75, 3.05) is 20.3 Å². The molecule has 21 heavy (non-hydrogen) atoms. The van der Waals surface area contributed by atoms with Crippen molar-refractivity contribution >= 4 is 43.3 Å². The Morgan fingerprint density at radius 3 is 2.67 bits per heavy atom. The van der Waals surface area contributed by atoms with Crippen LogP contribution in [-0.2, 0) is 14.8 Å². The van der Waals surface area contributed by atoms with Crippen LogP contribution in [0.4, 0.5) is 0 Å². The first kappa shape index (κ1) is 18.6. The van der Waals surface area contributed by atoms with Crippen molar-refractivity contribution < 1.29 is 23.1 Å². The number of thiophene rings is 1. The van der Waals surface area contributed by atoms with Crippen molar-refractivity contribution in [3.8, 4) is 0 Å². The number of carbonyl (C=O) groups excluding carboxylic acids is 1. The van der Waals surface area contributed by atoms with E-state index >= 15 is 0 Å². The van der Waals surface area contributed by atoms with Crippen LogP contribution in [0.2, 0.25) is 0 Å². The van der Waals surface area contributed by atoms with Gasteiger partial charge in [-0.3, -0.25) is 0 Å². The highest BCUT2D eigenvalue weighted by molar-refractivity contribution is 9.11. The topological polar surface area (TPSA) is 92.7 Å². The fourth-order valence-corrected chi connectivity index (χ4v) is 5.22. The van der Waals surface area contributed by atoms with Gasteiger partial charge in [0.1, 0.15) is 9.77 Å². The second-order valence-corrected chi connectivity index (χ2v) is 9.31. The zero-order chi connectivity index (χ0) is 16.3. The SMILES string of the molecule is COC(=O)c1cc(S(=O)(=O)NCC(C)(C)CCO)c(Br)s1. The first-order chi connectivity index (χ1) is 9.63. The van der Waals surface area contributed by atoms with Crippen LogP contribution in [0.5, 0.6) is 0 Å². The summed E-state index contributed by atoms with van der Waals surface area (Å²) >= 11 is 4.15. The summed E-state index contributed by atoms with van der Waals surface area (Å²) in [6.07, 6.45) is 0.480. The Morgan fingerprint density at radius 1 is 1.52 bits per heavy atom. The van der Waals surface area contributed by atoms with Crippen LogP contribution in [0.15, 0.2) is 14.7 Å². The van der Waals surface area contributed by atoms with E-state index in [4.69, 9.17) is 5.11 Å². The van der Waals surface area contributed by atoms with Crippen molar-refractivity contribution in [1.82, 2.24) is 4.72 Å². The summed E-state index contributed by atoms with van der Waals surface area (Å²) in [6, 6.07) is 1.28. The minimum Gasteiger partial charge on any atom is -0.465 e. The second kappa shape index (κ2) is 7.19. The Hall–Kier alpha value is -0.480. The normalized spacial score (nSPS) is 12.4. The Balaban J connectivity index is 2.93. The predicted octanol–water partition coefficient (Wildman–Crippen LogP) is 1.98. The van der Waals surface area contributed by atoms with Crippen molar-refractivity contribution in [3.63, 3.8) is 0 Å². The van der Waals surface area contributed by atoms with Crippen LogP contribution in [-0.4, -0.2) is 39.8 Å². The lowest BCUT2D eigenvalue weighted by Crippen LogP contribution is -2.34. The number of carbonyl (C=O) groups is 1. The predicted molar refractivity (Wildman–Crippen MR) is 84.0 cm³/mol. The molecule has 0 aliphatic carbocycles. The number of nitrogens with one attached hydrogen (secondary N) is 1. The average Bonchev–Trinajstić information content (AvgIpc) is 2.79. The van der Waals surface area contributed by atoms with Gasteiger partial charge in [-0.05, 0) is 33.8 Å². The molecule has 0 bridgehead atoms. The molecule has 1 heterocycles. The monoisotopic (exact) mass is 399 g/mol. The second-order valence-electron chi connectivity index (χ2n) is 5.20. The quantitative estimate of drug-likeness (QED) is 0.683. The largest absolute Gasteiger partial charge is 0.465 e. The molecule has 0 radical (unpaired) electrons. The van der Waals surface area contributed by atoms with Gasteiger partial charge >= 0.3 is 5.97 Å². The van der Waals surface area contributed by atoms with Gasteiger partial charge in [-0.25, -0.2) is 17.9 Å². The van der Waals surface area contributed by atoms with Crippen LogP contribution >= 0.6 is 27.3 Å². The molecule has 0 spiro atoms. The number of hydrogen-bond donors (Lipinski definition) is 2. The van der Waals surface area contributed by atoms with Crippen molar-refractivity contribution in [2.24, 2.45) is 5.41 Å². The molecule has 1 aromatic heterocycles. The van der Waals surface area contributed by atoms with Crippen molar-refractivity contribution in [1.29, 1.82) is 0 Å². The highest BCUT2D eigenvalue weighted by Crippen LogP contribution is 2.32.